The molecule has 7 nitrogen and oxygen atoms in total. The van der Waals surface area contributed by atoms with Crippen LogP contribution in [0.25, 0.3) is 0 Å². The van der Waals surface area contributed by atoms with Crippen molar-refractivity contribution in [3.63, 3.8) is 0 Å². The van der Waals surface area contributed by atoms with Gasteiger partial charge in [-0.3, -0.25) is 0 Å². The molecule has 0 radical (unpaired) electrons. The highest BCUT2D eigenvalue weighted by Gasteiger charge is 2.05. The van der Waals surface area contributed by atoms with Crippen LogP contribution in [0.15, 0.2) is 18.2 Å². The molecule has 182 valence electrons. The topological polar surface area (TPSA) is 109 Å². The Morgan fingerprint density at radius 1 is 0.677 bits per heavy atom. The first-order valence-corrected chi connectivity index (χ1v) is 11.7. The molecule has 0 aromatic heterocycles. The number of hydrogen-bond donors (Lipinski definition) is 6. The van der Waals surface area contributed by atoms with Crippen molar-refractivity contribution in [2.75, 3.05) is 52.4 Å². The molecule has 0 aliphatic heterocycles. The fourth-order valence-electron chi connectivity index (χ4n) is 3.12. The third kappa shape index (κ3) is 17.3. The van der Waals surface area contributed by atoms with Gasteiger partial charge in [-0.25, -0.2) is 0 Å². The minimum atomic E-state index is 0. The lowest BCUT2D eigenvalue weighted by Crippen LogP contribution is -2.24. The van der Waals surface area contributed by atoms with Crippen LogP contribution >= 0.6 is 12.4 Å². The van der Waals surface area contributed by atoms with E-state index in [0.717, 1.165) is 96.9 Å². The third-order valence-electron chi connectivity index (χ3n) is 4.59. The number of nitrogens with two attached hydrogens (primary N) is 2. The van der Waals surface area contributed by atoms with E-state index in [0.29, 0.717) is 0 Å². The van der Waals surface area contributed by atoms with Crippen molar-refractivity contribution in [2.24, 2.45) is 11.5 Å². The smallest absolute Gasteiger partial charge is 0.120 e. The van der Waals surface area contributed by atoms with Crippen molar-refractivity contribution >= 4 is 12.4 Å². The number of ether oxygens (including phenoxy) is 1. The first kappa shape index (κ1) is 30.1. The average Bonchev–Trinajstić information content (AvgIpc) is 2.71. The maximum atomic E-state index is 5.96. The molecule has 0 aliphatic carbocycles. The number of rotatable bonds is 20. The Balaban J connectivity index is 0.00000900. The predicted molar refractivity (Wildman–Crippen MR) is 135 cm³/mol. The van der Waals surface area contributed by atoms with Crippen molar-refractivity contribution in [1.82, 2.24) is 21.3 Å². The van der Waals surface area contributed by atoms with Crippen molar-refractivity contribution in [3.05, 3.63) is 29.3 Å². The number of halogens is 1. The van der Waals surface area contributed by atoms with E-state index in [1.54, 1.807) is 0 Å². The van der Waals surface area contributed by atoms with E-state index in [2.05, 4.69) is 53.3 Å². The Labute approximate surface area is 196 Å². The van der Waals surface area contributed by atoms with Crippen LogP contribution in [0.2, 0.25) is 0 Å². The van der Waals surface area contributed by atoms with Gasteiger partial charge in [0, 0.05) is 13.1 Å². The van der Waals surface area contributed by atoms with E-state index >= 15 is 0 Å². The Morgan fingerprint density at radius 3 is 1.52 bits per heavy atom. The van der Waals surface area contributed by atoms with Gasteiger partial charge in [0.05, 0.1) is 6.10 Å². The van der Waals surface area contributed by atoms with Crippen LogP contribution in [0.3, 0.4) is 0 Å². The SMILES string of the molecule is CC(C)Oc1cc(CNCCCNCCCN)cc(CNCCCNCCCN)c1.Cl. The van der Waals surface area contributed by atoms with Gasteiger partial charge in [0.25, 0.3) is 0 Å². The molecule has 0 saturated heterocycles. The van der Waals surface area contributed by atoms with Gasteiger partial charge in [0.2, 0.25) is 0 Å². The molecule has 0 atom stereocenters. The van der Waals surface area contributed by atoms with Gasteiger partial charge >= 0.3 is 0 Å². The van der Waals surface area contributed by atoms with Crippen molar-refractivity contribution in [1.29, 1.82) is 0 Å². The van der Waals surface area contributed by atoms with Crippen molar-refractivity contribution < 1.29 is 4.74 Å². The molecule has 0 fully saturated rings. The number of benzene rings is 1. The fraction of sp³-hybridized carbons (Fsp3) is 0.739. The minimum absolute atomic E-state index is 0. The predicted octanol–water partition coefficient (Wildman–Crippen LogP) is 1.73. The lowest BCUT2D eigenvalue weighted by Gasteiger charge is -2.15. The van der Waals surface area contributed by atoms with E-state index in [1.165, 1.54) is 11.1 Å². The number of nitrogens with one attached hydrogen (secondary N) is 4. The van der Waals surface area contributed by atoms with Gasteiger partial charge in [-0.05, 0) is 115 Å². The lowest BCUT2D eigenvalue weighted by molar-refractivity contribution is 0.242. The van der Waals surface area contributed by atoms with Gasteiger partial charge in [0.15, 0.2) is 0 Å². The first-order chi connectivity index (χ1) is 14.7. The summed E-state index contributed by atoms with van der Waals surface area (Å²) in [6.45, 7) is 13.4. The van der Waals surface area contributed by atoms with Crippen LogP contribution in [0.1, 0.15) is 50.7 Å². The van der Waals surface area contributed by atoms with Gasteiger partial charge < -0.3 is 37.5 Å². The molecule has 0 saturated carbocycles. The summed E-state index contributed by atoms with van der Waals surface area (Å²) in [6.07, 6.45) is 4.48. The minimum Gasteiger partial charge on any atom is -0.491 e. The molecule has 0 bridgehead atoms. The zero-order valence-corrected chi connectivity index (χ0v) is 20.5. The molecule has 0 unspecified atom stereocenters. The molecule has 1 rings (SSSR count). The van der Waals surface area contributed by atoms with Gasteiger partial charge in [-0.1, -0.05) is 6.07 Å². The summed E-state index contributed by atoms with van der Waals surface area (Å²) in [5, 5.41) is 13.9. The summed E-state index contributed by atoms with van der Waals surface area (Å²) >= 11 is 0. The third-order valence-corrected chi connectivity index (χ3v) is 4.59. The second-order valence-electron chi connectivity index (χ2n) is 8.00. The van der Waals surface area contributed by atoms with Crippen molar-refractivity contribution in [2.45, 2.75) is 58.7 Å². The summed E-state index contributed by atoms with van der Waals surface area (Å²) < 4.78 is 5.96. The Morgan fingerprint density at radius 2 is 1.10 bits per heavy atom. The standard InChI is InChI=1S/C23H46N6O.ClH/c1-20(2)30-23-16-21(18-28-13-5-11-26-9-3-7-24)15-22(17-23)19-29-14-6-12-27-10-4-8-25;/h15-17,20,26-29H,3-14,18-19,24-25H2,1-2H3;1H. The zero-order chi connectivity index (χ0) is 21.9. The van der Waals surface area contributed by atoms with E-state index in [1.807, 2.05) is 0 Å². The Bertz CT molecular complexity index is 495. The molecule has 31 heavy (non-hydrogen) atoms. The van der Waals surface area contributed by atoms with Crippen LogP contribution in [-0.2, 0) is 13.1 Å². The summed E-state index contributed by atoms with van der Waals surface area (Å²) in [7, 11) is 0. The monoisotopic (exact) mass is 458 g/mol. The van der Waals surface area contributed by atoms with Crippen LogP contribution in [0.4, 0.5) is 0 Å². The largest absolute Gasteiger partial charge is 0.491 e. The van der Waals surface area contributed by atoms with E-state index in [-0.39, 0.29) is 18.5 Å². The summed E-state index contributed by atoms with van der Waals surface area (Å²) in [5.41, 5.74) is 13.5. The van der Waals surface area contributed by atoms with Gasteiger partial charge in [0.1, 0.15) is 5.75 Å². The van der Waals surface area contributed by atoms with Crippen LogP contribution < -0.4 is 37.5 Å². The Hall–Kier alpha value is -0.930. The maximum absolute atomic E-state index is 5.96. The normalized spacial score (nSPS) is 11.0. The van der Waals surface area contributed by atoms with Gasteiger partial charge in [-0.2, -0.15) is 0 Å². The molecule has 0 aliphatic rings. The van der Waals surface area contributed by atoms with E-state index < -0.39 is 0 Å². The molecule has 0 amide bonds. The number of hydrogen-bond acceptors (Lipinski definition) is 7. The molecule has 0 spiro atoms. The molecular formula is C23H47ClN6O. The second kappa shape index (κ2) is 20.9. The summed E-state index contributed by atoms with van der Waals surface area (Å²) in [5.74, 6) is 0.952. The van der Waals surface area contributed by atoms with Crippen LogP contribution in [-0.4, -0.2) is 58.5 Å². The van der Waals surface area contributed by atoms with E-state index in [9.17, 15) is 0 Å². The highest BCUT2D eigenvalue weighted by Crippen LogP contribution is 2.19. The van der Waals surface area contributed by atoms with Gasteiger partial charge in [-0.15, -0.1) is 12.4 Å². The average molecular weight is 459 g/mol. The Kier molecular flexibility index (Phi) is 20.3. The first-order valence-electron chi connectivity index (χ1n) is 11.7. The molecule has 1 aromatic rings. The molecule has 8 N–H and O–H groups in total. The summed E-state index contributed by atoms with van der Waals surface area (Å²) in [4.78, 5) is 0. The highest BCUT2D eigenvalue weighted by atomic mass is 35.5. The van der Waals surface area contributed by atoms with E-state index in [4.69, 9.17) is 16.2 Å². The van der Waals surface area contributed by atoms with Crippen LogP contribution in [0.5, 0.6) is 5.75 Å². The second-order valence-corrected chi connectivity index (χ2v) is 8.00. The summed E-state index contributed by atoms with van der Waals surface area (Å²) in [6, 6.07) is 6.57. The fourth-order valence-corrected chi connectivity index (χ4v) is 3.12. The molecule has 8 heteroatoms. The van der Waals surface area contributed by atoms with Crippen molar-refractivity contribution in [3.8, 4) is 5.75 Å². The highest BCUT2D eigenvalue weighted by molar-refractivity contribution is 5.85. The quantitative estimate of drug-likeness (QED) is 0.165. The molecular weight excluding hydrogens is 412 g/mol. The molecule has 1 aromatic carbocycles. The zero-order valence-electron chi connectivity index (χ0n) is 19.7. The lowest BCUT2D eigenvalue weighted by atomic mass is 10.1. The maximum Gasteiger partial charge on any atom is 0.120 e. The van der Waals surface area contributed by atoms with Crippen LogP contribution in [0, 0.1) is 0 Å². The molecule has 0 heterocycles.